The van der Waals surface area contributed by atoms with E-state index in [1.54, 1.807) is 6.07 Å². The van der Waals surface area contributed by atoms with E-state index in [-0.39, 0.29) is 5.69 Å². The van der Waals surface area contributed by atoms with Crippen molar-refractivity contribution in [3.8, 4) is 0 Å². The number of alkyl halides is 2. The number of anilines is 1. The van der Waals surface area contributed by atoms with Crippen LogP contribution < -0.4 is 11.3 Å². The van der Waals surface area contributed by atoms with Gasteiger partial charge < -0.3 is 5.43 Å². The fourth-order valence-electron chi connectivity index (χ4n) is 1.64. The van der Waals surface area contributed by atoms with Crippen molar-refractivity contribution in [2.45, 2.75) is 13.3 Å². The lowest BCUT2D eigenvalue weighted by Gasteiger charge is -2.09. The molecule has 84 valence electrons. The monoisotopic (exact) mass is 223 g/mol. The van der Waals surface area contributed by atoms with Gasteiger partial charge in [-0.1, -0.05) is 18.2 Å². The second-order valence-corrected chi connectivity index (χ2v) is 3.51. The van der Waals surface area contributed by atoms with Crippen molar-refractivity contribution in [1.29, 1.82) is 0 Å². The van der Waals surface area contributed by atoms with Crippen molar-refractivity contribution in [2.24, 2.45) is 5.84 Å². The third-order valence-corrected chi connectivity index (χ3v) is 2.44. The number of fused-ring (bicyclic) bond motifs is 1. The molecule has 0 saturated carbocycles. The molecule has 0 unspecified atom stereocenters. The minimum absolute atomic E-state index is 0.269. The molecule has 1 heterocycles. The highest BCUT2D eigenvalue weighted by Gasteiger charge is 2.13. The summed E-state index contributed by atoms with van der Waals surface area (Å²) in [6, 6.07) is 6.72. The molecule has 0 atom stereocenters. The van der Waals surface area contributed by atoms with E-state index in [0.29, 0.717) is 11.2 Å². The predicted octanol–water partition coefficient (Wildman–Crippen LogP) is 2.77. The summed E-state index contributed by atoms with van der Waals surface area (Å²) in [5.41, 5.74) is 4.01. The van der Waals surface area contributed by atoms with Crippen molar-refractivity contribution >= 4 is 16.6 Å². The molecule has 0 bridgehead atoms. The molecule has 0 saturated heterocycles. The van der Waals surface area contributed by atoms with Crippen LogP contribution in [0.2, 0.25) is 0 Å². The fraction of sp³-hybridized carbons (Fsp3) is 0.182. The van der Waals surface area contributed by atoms with E-state index in [0.717, 1.165) is 10.9 Å². The number of hydrazine groups is 1. The Balaban J connectivity index is 2.79. The van der Waals surface area contributed by atoms with E-state index in [1.807, 2.05) is 19.1 Å². The summed E-state index contributed by atoms with van der Waals surface area (Å²) in [5.74, 6) is 5.31. The van der Waals surface area contributed by atoms with Crippen molar-refractivity contribution in [3.05, 3.63) is 35.5 Å². The maximum atomic E-state index is 12.6. The van der Waals surface area contributed by atoms with Gasteiger partial charge >= 0.3 is 0 Å². The molecule has 0 spiro atoms. The van der Waals surface area contributed by atoms with E-state index in [1.165, 1.54) is 6.07 Å². The minimum atomic E-state index is -2.60. The second kappa shape index (κ2) is 4.02. The molecule has 0 aliphatic carbocycles. The summed E-state index contributed by atoms with van der Waals surface area (Å²) < 4.78 is 25.2. The summed E-state index contributed by atoms with van der Waals surface area (Å²) in [7, 11) is 0. The first-order valence-electron chi connectivity index (χ1n) is 4.78. The summed E-state index contributed by atoms with van der Waals surface area (Å²) in [5, 5.41) is 0.743. The minimum Gasteiger partial charge on any atom is -0.323 e. The number of aromatic nitrogens is 1. The van der Waals surface area contributed by atoms with Gasteiger partial charge in [0.1, 0.15) is 5.69 Å². The van der Waals surface area contributed by atoms with Crippen LogP contribution in [0.25, 0.3) is 10.9 Å². The Morgan fingerprint density at radius 1 is 1.38 bits per heavy atom. The maximum Gasteiger partial charge on any atom is 0.280 e. The third kappa shape index (κ3) is 1.69. The molecule has 2 rings (SSSR count). The topological polar surface area (TPSA) is 50.9 Å². The van der Waals surface area contributed by atoms with Gasteiger partial charge in [-0.3, -0.25) is 5.84 Å². The van der Waals surface area contributed by atoms with Crippen LogP contribution in [0.3, 0.4) is 0 Å². The van der Waals surface area contributed by atoms with Crippen molar-refractivity contribution < 1.29 is 8.78 Å². The van der Waals surface area contributed by atoms with Crippen LogP contribution >= 0.6 is 0 Å². The lowest BCUT2D eigenvalue weighted by Crippen LogP contribution is -2.08. The summed E-state index contributed by atoms with van der Waals surface area (Å²) in [6.07, 6.45) is -2.60. The highest BCUT2D eigenvalue weighted by molar-refractivity contribution is 5.93. The number of para-hydroxylation sites is 1. The average Bonchev–Trinajstić information content (AvgIpc) is 2.28. The van der Waals surface area contributed by atoms with Crippen LogP contribution in [0.1, 0.15) is 17.7 Å². The van der Waals surface area contributed by atoms with Gasteiger partial charge in [-0.2, -0.15) is 0 Å². The van der Waals surface area contributed by atoms with E-state index in [4.69, 9.17) is 5.84 Å². The molecule has 3 N–H and O–H groups in total. The Morgan fingerprint density at radius 3 is 2.75 bits per heavy atom. The van der Waals surface area contributed by atoms with Gasteiger partial charge in [0, 0.05) is 5.39 Å². The number of nitrogens with zero attached hydrogens (tertiary/aromatic N) is 1. The number of nitrogens with one attached hydrogen (secondary N) is 1. The van der Waals surface area contributed by atoms with Crippen LogP contribution in [0, 0.1) is 6.92 Å². The molecule has 1 aromatic heterocycles. The summed E-state index contributed by atoms with van der Waals surface area (Å²) >= 11 is 0. The molecule has 0 fully saturated rings. The van der Waals surface area contributed by atoms with Gasteiger partial charge in [0.2, 0.25) is 0 Å². The fourth-order valence-corrected chi connectivity index (χ4v) is 1.64. The van der Waals surface area contributed by atoms with Gasteiger partial charge in [-0.25, -0.2) is 13.8 Å². The first-order chi connectivity index (χ1) is 7.63. The highest BCUT2D eigenvalue weighted by atomic mass is 19.3. The van der Waals surface area contributed by atoms with Crippen molar-refractivity contribution in [1.82, 2.24) is 4.98 Å². The first-order valence-corrected chi connectivity index (χ1v) is 4.78. The quantitative estimate of drug-likeness (QED) is 0.608. The van der Waals surface area contributed by atoms with Crippen LogP contribution in [-0.2, 0) is 0 Å². The predicted molar refractivity (Wildman–Crippen MR) is 59.2 cm³/mol. The Hall–Kier alpha value is -1.75. The molecule has 1 aromatic carbocycles. The lowest BCUT2D eigenvalue weighted by atomic mass is 10.1. The van der Waals surface area contributed by atoms with Crippen LogP contribution in [0.4, 0.5) is 14.5 Å². The zero-order chi connectivity index (χ0) is 11.7. The van der Waals surface area contributed by atoms with E-state index < -0.39 is 6.43 Å². The number of halogens is 2. The van der Waals surface area contributed by atoms with E-state index in [9.17, 15) is 8.78 Å². The number of nitrogen functional groups attached to an aromatic ring is 1. The Kier molecular flexibility index (Phi) is 2.70. The Morgan fingerprint density at radius 2 is 2.12 bits per heavy atom. The number of hydrogen-bond donors (Lipinski definition) is 2. The molecule has 0 aliphatic rings. The van der Waals surface area contributed by atoms with Gasteiger partial charge in [0.15, 0.2) is 0 Å². The molecular formula is C11H11F2N3. The molecule has 3 nitrogen and oxygen atoms in total. The Labute approximate surface area is 91.3 Å². The molecular weight excluding hydrogens is 212 g/mol. The van der Waals surface area contributed by atoms with Crippen LogP contribution in [0.15, 0.2) is 24.3 Å². The lowest BCUT2D eigenvalue weighted by molar-refractivity contribution is 0.146. The first kappa shape index (κ1) is 10.8. The number of nitrogens with two attached hydrogens (primary N) is 1. The molecule has 0 amide bonds. The van der Waals surface area contributed by atoms with E-state index in [2.05, 4.69) is 10.4 Å². The smallest absolute Gasteiger partial charge is 0.280 e. The van der Waals surface area contributed by atoms with Gasteiger partial charge in [-0.05, 0) is 18.6 Å². The SMILES string of the molecule is Cc1cccc2c(NN)cc(C(F)F)nc12. The van der Waals surface area contributed by atoms with Crippen LogP contribution in [0.5, 0.6) is 0 Å². The summed E-state index contributed by atoms with van der Waals surface area (Å²) in [6.45, 7) is 1.82. The molecule has 0 aliphatic heterocycles. The molecule has 16 heavy (non-hydrogen) atoms. The zero-order valence-electron chi connectivity index (χ0n) is 8.67. The van der Waals surface area contributed by atoms with Crippen molar-refractivity contribution in [3.63, 3.8) is 0 Å². The third-order valence-electron chi connectivity index (χ3n) is 2.44. The number of rotatable bonds is 2. The van der Waals surface area contributed by atoms with Gasteiger partial charge in [0.05, 0.1) is 11.2 Å². The normalized spacial score (nSPS) is 11.1. The Bertz CT molecular complexity index is 526. The molecule has 2 aromatic rings. The zero-order valence-corrected chi connectivity index (χ0v) is 8.67. The largest absolute Gasteiger partial charge is 0.323 e. The number of aryl methyl sites for hydroxylation is 1. The average molecular weight is 223 g/mol. The molecule has 0 radical (unpaired) electrons. The standard InChI is InChI=1S/C11H11F2N3/c1-6-3-2-4-7-8(16-14)5-9(11(12)13)15-10(6)7/h2-5,11H,14H2,1H3,(H,15,16). The maximum absolute atomic E-state index is 12.6. The molecule has 5 heteroatoms. The second-order valence-electron chi connectivity index (χ2n) is 3.51. The number of benzene rings is 1. The highest BCUT2D eigenvalue weighted by Crippen LogP contribution is 2.28. The number of pyridine rings is 1. The van der Waals surface area contributed by atoms with Crippen molar-refractivity contribution in [2.75, 3.05) is 5.43 Å². The summed E-state index contributed by atoms with van der Waals surface area (Å²) in [4.78, 5) is 3.94. The van der Waals surface area contributed by atoms with Gasteiger partial charge in [0.25, 0.3) is 6.43 Å². The van der Waals surface area contributed by atoms with E-state index >= 15 is 0 Å². The van der Waals surface area contributed by atoms with Crippen LogP contribution in [-0.4, -0.2) is 4.98 Å². The number of hydrogen-bond acceptors (Lipinski definition) is 3. The van der Waals surface area contributed by atoms with Gasteiger partial charge in [-0.15, -0.1) is 0 Å².